The Morgan fingerprint density at radius 1 is 1.04 bits per heavy atom. The molecule has 0 amide bonds. The summed E-state index contributed by atoms with van der Waals surface area (Å²) >= 11 is 6.82. The number of aryl methyl sites for hydroxylation is 2. The Labute approximate surface area is 168 Å². The van der Waals surface area contributed by atoms with Gasteiger partial charge in [-0.05, 0) is 65.2 Å². The van der Waals surface area contributed by atoms with Crippen LogP contribution in [0.5, 0.6) is 11.5 Å². The van der Waals surface area contributed by atoms with Gasteiger partial charge in [0.25, 0.3) is 0 Å². The fraction of sp³-hybridized carbons (Fsp3) is 0.167. The molecule has 0 aliphatic heterocycles. The number of hydrogen-bond acceptors (Lipinski definition) is 5. The highest BCUT2D eigenvalue weighted by molar-refractivity contribution is 9.11. The molecule has 136 valence electrons. The second-order valence-electron chi connectivity index (χ2n) is 5.69. The maximum Gasteiger partial charge on any atom is 0.343 e. The smallest absolute Gasteiger partial charge is 0.343 e. The molecular formula is C18H15Br2NO4S. The molecule has 0 aliphatic carbocycles. The van der Waals surface area contributed by atoms with Gasteiger partial charge in [-0.1, -0.05) is 22.0 Å². The van der Waals surface area contributed by atoms with E-state index in [1.165, 1.54) is 7.11 Å². The van der Waals surface area contributed by atoms with Gasteiger partial charge in [-0.3, -0.25) is 4.98 Å². The Morgan fingerprint density at radius 3 is 2.42 bits per heavy atom. The number of pyridine rings is 1. The lowest BCUT2D eigenvalue weighted by atomic mass is 10.1. The lowest BCUT2D eigenvalue weighted by Gasteiger charge is -2.15. The number of benzene rings is 2. The first kappa shape index (κ1) is 19.1. The van der Waals surface area contributed by atoms with Gasteiger partial charge in [-0.2, -0.15) is 8.42 Å². The van der Waals surface area contributed by atoms with E-state index in [1.807, 2.05) is 19.9 Å². The predicted octanol–water partition coefficient (Wildman–Crippen LogP) is 5.15. The second kappa shape index (κ2) is 7.17. The van der Waals surface area contributed by atoms with Crippen molar-refractivity contribution in [3.8, 4) is 11.5 Å². The van der Waals surface area contributed by atoms with Crippen LogP contribution in [0.4, 0.5) is 0 Å². The topological polar surface area (TPSA) is 65.5 Å². The van der Waals surface area contributed by atoms with E-state index in [0.29, 0.717) is 9.99 Å². The van der Waals surface area contributed by atoms with Gasteiger partial charge in [0, 0.05) is 16.1 Å². The molecule has 1 aromatic heterocycles. The minimum atomic E-state index is -4.13. The van der Waals surface area contributed by atoms with Crippen molar-refractivity contribution in [3.63, 3.8) is 0 Å². The van der Waals surface area contributed by atoms with Crippen LogP contribution in [-0.2, 0) is 10.1 Å². The largest absolute Gasteiger partial charge is 0.495 e. The van der Waals surface area contributed by atoms with Gasteiger partial charge < -0.3 is 8.92 Å². The van der Waals surface area contributed by atoms with Crippen LogP contribution in [-0.4, -0.2) is 20.5 Å². The van der Waals surface area contributed by atoms with Gasteiger partial charge in [0.05, 0.1) is 11.6 Å². The number of halogens is 2. The molecule has 0 saturated heterocycles. The summed E-state index contributed by atoms with van der Waals surface area (Å²) in [5, 5.41) is 0.743. The third-order valence-corrected chi connectivity index (χ3v) is 6.48. The number of hydrogen-bond donors (Lipinski definition) is 0. The van der Waals surface area contributed by atoms with Crippen molar-refractivity contribution in [2.75, 3.05) is 7.11 Å². The third kappa shape index (κ3) is 3.45. The molecule has 2 aromatic carbocycles. The highest BCUT2D eigenvalue weighted by atomic mass is 79.9. The maximum atomic E-state index is 13.0. The van der Waals surface area contributed by atoms with Gasteiger partial charge in [0.2, 0.25) is 0 Å². The van der Waals surface area contributed by atoms with Crippen LogP contribution in [0, 0.1) is 13.8 Å². The quantitative estimate of drug-likeness (QED) is 0.463. The van der Waals surface area contributed by atoms with Crippen LogP contribution in [0.2, 0.25) is 0 Å². The lowest BCUT2D eigenvalue weighted by molar-refractivity contribution is 0.397. The molecular weight excluding hydrogens is 486 g/mol. The van der Waals surface area contributed by atoms with Gasteiger partial charge >= 0.3 is 10.1 Å². The molecule has 3 aromatic rings. The minimum Gasteiger partial charge on any atom is -0.495 e. The average molecular weight is 501 g/mol. The number of ether oxygens (including phenoxy) is 1. The van der Waals surface area contributed by atoms with Crippen LogP contribution in [0.15, 0.2) is 50.4 Å². The van der Waals surface area contributed by atoms with Crippen LogP contribution in [0.3, 0.4) is 0 Å². The Hall–Kier alpha value is -1.64. The first-order valence-electron chi connectivity index (χ1n) is 7.57. The molecule has 8 heteroatoms. The third-order valence-electron chi connectivity index (χ3n) is 3.99. The van der Waals surface area contributed by atoms with Crippen LogP contribution in [0.25, 0.3) is 10.9 Å². The van der Waals surface area contributed by atoms with Crippen molar-refractivity contribution in [1.29, 1.82) is 0 Å². The van der Waals surface area contributed by atoms with E-state index < -0.39 is 10.1 Å². The number of rotatable bonds is 4. The standard InChI is InChI=1S/C18H15Br2NO4S/c1-10-7-15(24-3)16(8-11(10)2)26(22,23)25-18-14(20)9-13(19)12-5-4-6-21-17(12)18/h4-9H,1-3H3. The molecule has 0 fully saturated rings. The van der Waals surface area contributed by atoms with Crippen molar-refractivity contribution in [1.82, 2.24) is 4.98 Å². The highest BCUT2D eigenvalue weighted by Crippen LogP contribution is 2.39. The Morgan fingerprint density at radius 2 is 1.73 bits per heavy atom. The number of aromatic nitrogens is 1. The van der Waals surface area contributed by atoms with Gasteiger partial charge in [-0.25, -0.2) is 0 Å². The fourth-order valence-electron chi connectivity index (χ4n) is 2.50. The fourth-order valence-corrected chi connectivity index (χ4v) is 5.15. The molecule has 0 radical (unpaired) electrons. The molecule has 0 N–H and O–H groups in total. The number of fused-ring (bicyclic) bond motifs is 1. The van der Waals surface area contributed by atoms with E-state index in [1.54, 1.807) is 30.5 Å². The van der Waals surface area contributed by atoms with Crippen LogP contribution in [0.1, 0.15) is 11.1 Å². The Kier molecular flexibility index (Phi) is 5.28. The summed E-state index contributed by atoms with van der Waals surface area (Å²) in [5.74, 6) is 0.364. The van der Waals surface area contributed by atoms with Gasteiger partial charge in [-0.15, -0.1) is 0 Å². The average Bonchev–Trinajstić information content (AvgIpc) is 2.60. The van der Waals surface area contributed by atoms with E-state index in [9.17, 15) is 8.42 Å². The minimum absolute atomic E-state index is 0.0259. The van der Waals surface area contributed by atoms with Crippen molar-refractivity contribution in [2.24, 2.45) is 0 Å². The molecule has 0 unspecified atom stereocenters. The zero-order valence-corrected chi connectivity index (χ0v) is 18.2. The summed E-state index contributed by atoms with van der Waals surface area (Å²) < 4.78 is 37.9. The molecule has 26 heavy (non-hydrogen) atoms. The Balaban J connectivity index is 2.18. The summed E-state index contributed by atoms with van der Waals surface area (Å²) in [4.78, 5) is 4.25. The van der Waals surface area contributed by atoms with Crippen molar-refractivity contribution in [2.45, 2.75) is 18.7 Å². The molecule has 5 nitrogen and oxygen atoms in total. The summed E-state index contributed by atoms with van der Waals surface area (Å²) in [6.45, 7) is 3.72. The van der Waals surface area contributed by atoms with Crippen LogP contribution >= 0.6 is 31.9 Å². The molecule has 0 saturated carbocycles. The SMILES string of the molecule is COc1cc(C)c(C)cc1S(=O)(=O)Oc1c(Br)cc(Br)c2cccnc12. The summed E-state index contributed by atoms with van der Waals surface area (Å²) in [6.07, 6.45) is 1.58. The monoisotopic (exact) mass is 499 g/mol. The summed E-state index contributed by atoms with van der Waals surface area (Å²) in [5.41, 5.74) is 2.18. The molecule has 0 bridgehead atoms. The second-order valence-corrected chi connectivity index (χ2v) is 8.92. The van der Waals surface area contributed by atoms with E-state index in [-0.39, 0.29) is 16.4 Å². The van der Waals surface area contributed by atoms with E-state index in [4.69, 9.17) is 8.92 Å². The van der Waals surface area contributed by atoms with Crippen molar-refractivity contribution < 1.29 is 17.3 Å². The zero-order chi connectivity index (χ0) is 19.1. The summed E-state index contributed by atoms with van der Waals surface area (Å²) in [6, 6.07) is 8.55. The normalized spacial score (nSPS) is 11.6. The van der Waals surface area contributed by atoms with Crippen molar-refractivity contribution in [3.05, 3.63) is 56.6 Å². The molecule has 3 rings (SSSR count). The van der Waals surface area contributed by atoms with E-state index >= 15 is 0 Å². The molecule has 0 spiro atoms. The molecule has 0 aliphatic rings. The summed E-state index contributed by atoms with van der Waals surface area (Å²) in [7, 11) is -2.71. The Bertz CT molecular complexity index is 1110. The maximum absolute atomic E-state index is 13.0. The lowest BCUT2D eigenvalue weighted by Crippen LogP contribution is -2.12. The molecule has 0 atom stereocenters. The first-order valence-corrected chi connectivity index (χ1v) is 10.6. The van der Waals surface area contributed by atoms with Crippen LogP contribution < -0.4 is 8.92 Å². The van der Waals surface area contributed by atoms with E-state index in [2.05, 4.69) is 36.8 Å². The predicted molar refractivity (Wildman–Crippen MR) is 107 cm³/mol. The van der Waals surface area contributed by atoms with Gasteiger partial charge in [0.15, 0.2) is 5.75 Å². The van der Waals surface area contributed by atoms with Crippen molar-refractivity contribution >= 4 is 52.9 Å². The van der Waals surface area contributed by atoms with Gasteiger partial charge in [0.1, 0.15) is 16.2 Å². The highest BCUT2D eigenvalue weighted by Gasteiger charge is 2.26. The zero-order valence-electron chi connectivity index (χ0n) is 14.2. The number of nitrogens with zero attached hydrogens (tertiary/aromatic N) is 1. The first-order chi connectivity index (χ1) is 12.2. The number of methoxy groups -OCH3 is 1. The molecule has 1 heterocycles. The van der Waals surface area contributed by atoms with E-state index in [0.717, 1.165) is 21.0 Å².